The van der Waals surface area contributed by atoms with Crippen molar-refractivity contribution in [3.05, 3.63) is 29.8 Å². The number of ether oxygens (including phenoxy) is 1. The highest BCUT2D eigenvalue weighted by Gasteiger charge is 2.31. The molecule has 1 aliphatic carbocycles. The molecule has 3 nitrogen and oxygen atoms in total. The Hall–Kier alpha value is -1.06. The Labute approximate surface area is 122 Å². The van der Waals surface area contributed by atoms with Crippen LogP contribution in [0.3, 0.4) is 0 Å². The van der Waals surface area contributed by atoms with E-state index in [0.29, 0.717) is 18.0 Å². The molecule has 0 radical (unpaired) electrons. The molecule has 1 saturated carbocycles. The summed E-state index contributed by atoms with van der Waals surface area (Å²) < 4.78 is 5.13. The van der Waals surface area contributed by atoms with Gasteiger partial charge in [0.05, 0.1) is 13.2 Å². The van der Waals surface area contributed by atoms with Gasteiger partial charge in [-0.2, -0.15) is 0 Å². The van der Waals surface area contributed by atoms with E-state index in [-0.39, 0.29) is 0 Å². The lowest BCUT2D eigenvalue weighted by Gasteiger charge is -2.39. The van der Waals surface area contributed by atoms with Gasteiger partial charge >= 0.3 is 0 Å². The lowest BCUT2D eigenvalue weighted by Crippen LogP contribution is -2.45. The first-order chi connectivity index (χ1) is 9.53. The van der Waals surface area contributed by atoms with E-state index in [1.807, 2.05) is 24.3 Å². The van der Waals surface area contributed by atoms with Crippen molar-refractivity contribution in [1.82, 2.24) is 5.32 Å². The molecule has 1 aromatic carbocycles. The number of benzene rings is 1. The van der Waals surface area contributed by atoms with Gasteiger partial charge in [-0.3, -0.25) is 0 Å². The zero-order chi connectivity index (χ0) is 14.6. The molecule has 2 rings (SSSR count). The quantitative estimate of drug-likeness (QED) is 0.868. The Morgan fingerprint density at radius 2 is 2.00 bits per heavy atom. The van der Waals surface area contributed by atoms with Gasteiger partial charge in [0.25, 0.3) is 0 Å². The number of aliphatic hydroxyl groups is 1. The van der Waals surface area contributed by atoms with Gasteiger partial charge in [-0.15, -0.1) is 0 Å². The Bertz CT molecular complexity index is 414. The SMILES string of the molecule is COc1ccc(C(O)CNC2CCCCC2(C)C)cc1. The van der Waals surface area contributed by atoms with Gasteiger partial charge < -0.3 is 15.2 Å². The van der Waals surface area contributed by atoms with Crippen molar-refractivity contribution in [3.63, 3.8) is 0 Å². The van der Waals surface area contributed by atoms with Crippen LogP contribution in [0.1, 0.15) is 51.2 Å². The third-order valence-corrected chi connectivity index (χ3v) is 4.57. The molecule has 3 heteroatoms. The van der Waals surface area contributed by atoms with Crippen molar-refractivity contribution >= 4 is 0 Å². The lowest BCUT2D eigenvalue weighted by molar-refractivity contribution is 0.127. The van der Waals surface area contributed by atoms with E-state index in [0.717, 1.165) is 11.3 Å². The minimum Gasteiger partial charge on any atom is -0.497 e. The second-order valence-electron chi connectivity index (χ2n) is 6.48. The molecule has 2 unspecified atom stereocenters. The van der Waals surface area contributed by atoms with Crippen LogP contribution in [-0.2, 0) is 0 Å². The molecule has 2 atom stereocenters. The molecule has 0 bridgehead atoms. The second kappa shape index (κ2) is 6.59. The fourth-order valence-corrected chi connectivity index (χ4v) is 3.07. The van der Waals surface area contributed by atoms with Crippen LogP contribution in [0.4, 0.5) is 0 Å². The number of nitrogens with one attached hydrogen (secondary N) is 1. The highest BCUT2D eigenvalue weighted by Crippen LogP contribution is 2.35. The summed E-state index contributed by atoms with van der Waals surface area (Å²) >= 11 is 0. The predicted octanol–water partition coefficient (Wildman–Crippen LogP) is 3.29. The smallest absolute Gasteiger partial charge is 0.118 e. The first-order valence-electron chi connectivity index (χ1n) is 7.58. The molecule has 1 fully saturated rings. The van der Waals surface area contributed by atoms with E-state index in [2.05, 4.69) is 19.2 Å². The Morgan fingerprint density at radius 1 is 1.30 bits per heavy atom. The average molecular weight is 277 g/mol. The van der Waals surface area contributed by atoms with Crippen molar-refractivity contribution < 1.29 is 9.84 Å². The summed E-state index contributed by atoms with van der Waals surface area (Å²) in [7, 11) is 1.65. The summed E-state index contributed by atoms with van der Waals surface area (Å²) in [6.45, 7) is 5.26. The number of hydrogen-bond donors (Lipinski definition) is 2. The maximum Gasteiger partial charge on any atom is 0.118 e. The molecular formula is C17H27NO2. The molecule has 20 heavy (non-hydrogen) atoms. The van der Waals surface area contributed by atoms with Crippen LogP contribution in [0.15, 0.2) is 24.3 Å². The molecule has 0 heterocycles. The largest absolute Gasteiger partial charge is 0.497 e. The normalized spacial score (nSPS) is 23.3. The van der Waals surface area contributed by atoms with E-state index in [4.69, 9.17) is 4.74 Å². The van der Waals surface area contributed by atoms with Crippen molar-refractivity contribution in [2.75, 3.05) is 13.7 Å². The second-order valence-corrected chi connectivity index (χ2v) is 6.48. The van der Waals surface area contributed by atoms with E-state index in [1.165, 1.54) is 25.7 Å². The van der Waals surface area contributed by atoms with E-state index >= 15 is 0 Å². The van der Waals surface area contributed by atoms with Crippen LogP contribution in [0.2, 0.25) is 0 Å². The predicted molar refractivity (Wildman–Crippen MR) is 82.0 cm³/mol. The highest BCUT2D eigenvalue weighted by molar-refractivity contribution is 5.28. The number of methoxy groups -OCH3 is 1. The monoisotopic (exact) mass is 277 g/mol. The molecule has 0 aliphatic heterocycles. The molecule has 0 aromatic heterocycles. The molecule has 0 amide bonds. The fraction of sp³-hybridized carbons (Fsp3) is 0.647. The maximum atomic E-state index is 10.3. The maximum absolute atomic E-state index is 10.3. The van der Waals surface area contributed by atoms with E-state index < -0.39 is 6.10 Å². The summed E-state index contributed by atoms with van der Waals surface area (Å²) in [6.07, 6.45) is 4.64. The van der Waals surface area contributed by atoms with Crippen LogP contribution < -0.4 is 10.1 Å². The van der Waals surface area contributed by atoms with Crippen LogP contribution in [0, 0.1) is 5.41 Å². The van der Waals surface area contributed by atoms with Crippen LogP contribution in [-0.4, -0.2) is 24.8 Å². The topological polar surface area (TPSA) is 41.5 Å². The lowest BCUT2D eigenvalue weighted by atomic mass is 9.73. The Kier molecular flexibility index (Phi) is 5.06. The molecule has 1 aliphatic rings. The van der Waals surface area contributed by atoms with Crippen molar-refractivity contribution in [3.8, 4) is 5.75 Å². The average Bonchev–Trinajstić information content (AvgIpc) is 2.45. The van der Waals surface area contributed by atoms with Gasteiger partial charge in [-0.25, -0.2) is 0 Å². The summed E-state index contributed by atoms with van der Waals surface area (Å²) in [5.74, 6) is 0.822. The summed E-state index contributed by atoms with van der Waals surface area (Å²) in [6, 6.07) is 8.14. The third kappa shape index (κ3) is 3.74. The van der Waals surface area contributed by atoms with Gasteiger partial charge in [0.2, 0.25) is 0 Å². The van der Waals surface area contributed by atoms with Crippen LogP contribution in [0.5, 0.6) is 5.75 Å². The van der Waals surface area contributed by atoms with Crippen molar-refractivity contribution in [2.45, 2.75) is 51.7 Å². The van der Waals surface area contributed by atoms with Crippen molar-refractivity contribution in [1.29, 1.82) is 0 Å². The van der Waals surface area contributed by atoms with Gasteiger partial charge in [-0.05, 0) is 36.0 Å². The fourth-order valence-electron chi connectivity index (χ4n) is 3.07. The third-order valence-electron chi connectivity index (χ3n) is 4.57. The standard InChI is InChI=1S/C17H27NO2/c1-17(2)11-5-4-6-16(17)18-12-15(19)13-7-9-14(20-3)10-8-13/h7-10,15-16,18-19H,4-6,11-12H2,1-3H3. The molecule has 0 saturated heterocycles. The summed E-state index contributed by atoms with van der Waals surface area (Å²) in [5.41, 5.74) is 1.27. The minimum atomic E-state index is -0.460. The van der Waals surface area contributed by atoms with Crippen LogP contribution in [0.25, 0.3) is 0 Å². The van der Waals surface area contributed by atoms with Gasteiger partial charge in [0.15, 0.2) is 0 Å². The number of hydrogen-bond acceptors (Lipinski definition) is 3. The minimum absolute atomic E-state index is 0.331. The van der Waals surface area contributed by atoms with E-state index in [1.54, 1.807) is 7.11 Å². The summed E-state index contributed by atoms with van der Waals surface area (Å²) in [5, 5.41) is 13.8. The summed E-state index contributed by atoms with van der Waals surface area (Å²) in [4.78, 5) is 0. The number of rotatable bonds is 5. The molecule has 1 aromatic rings. The first kappa shape index (κ1) is 15.3. The first-order valence-corrected chi connectivity index (χ1v) is 7.58. The Morgan fingerprint density at radius 3 is 2.60 bits per heavy atom. The Balaban J connectivity index is 1.89. The molecule has 2 N–H and O–H groups in total. The van der Waals surface area contributed by atoms with Gasteiger partial charge in [0, 0.05) is 12.6 Å². The zero-order valence-electron chi connectivity index (χ0n) is 12.9. The van der Waals surface area contributed by atoms with Gasteiger partial charge in [-0.1, -0.05) is 38.8 Å². The molecule has 112 valence electrons. The van der Waals surface area contributed by atoms with Crippen LogP contribution >= 0.6 is 0 Å². The number of aliphatic hydroxyl groups excluding tert-OH is 1. The van der Waals surface area contributed by atoms with Crippen molar-refractivity contribution in [2.24, 2.45) is 5.41 Å². The molecular weight excluding hydrogens is 250 g/mol. The van der Waals surface area contributed by atoms with E-state index in [9.17, 15) is 5.11 Å². The molecule has 0 spiro atoms. The van der Waals surface area contributed by atoms with Gasteiger partial charge in [0.1, 0.15) is 5.75 Å². The zero-order valence-corrected chi connectivity index (χ0v) is 12.9. The highest BCUT2D eigenvalue weighted by atomic mass is 16.5.